The number of rotatable bonds is 3. The van der Waals surface area contributed by atoms with Crippen molar-refractivity contribution in [3.05, 3.63) is 82.4 Å². The summed E-state index contributed by atoms with van der Waals surface area (Å²) in [5.41, 5.74) is 1.08. The van der Waals surface area contributed by atoms with Crippen LogP contribution in [-0.2, 0) is 13.2 Å². The third kappa shape index (κ3) is 3.85. The Bertz CT molecular complexity index is 1150. The molecule has 30 heavy (non-hydrogen) atoms. The first-order chi connectivity index (χ1) is 14.3. The van der Waals surface area contributed by atoms with Crippen molar-refractivity contribution in [3.63, 3.8) is 0 Å². The van der Waals surface area contributed by atoms with E-state index >= 15 is 0 Å². The highest BCUT2D eigenvalue weighted by atomic mass is 19.4. The zero-order valence-corrected chi connectivity index (χ0v) is 16.2. The third-order valence-electron chi connectivity index (χ3n) is 5.10. The molecule has 0 spiro atoms. The molecule has 0 saturated heterocycles. The van der Waals surface area contributed by atoms with Crippen molar-refractivity contribution in [3.8, 4) is 11.3 Å². The predicted octanol–water partition coefficient (Wildman–Crippen LogP) is 4.15. The van der Waals surface area contributed by atoms with Crippen molar-refractivity contribution in [1.82, 2.24) is 14.5 Å². The second kappa shape index (κ2) is 7.78. The number of anilines is 1. The van der Waals surface area contributed by atoms with E-state index in [1.807, 2.05) is 11.0 Å². The molecule has 0 amide bonds. The van der Waals surface area contributed by atoms with Crippen molar-refractivity contribution < 1.29 is 13.2 Å². The summed E-state index contributed by atoms with van der Waals surface area (Å²) in [5, 5.41) is 0. The summed E-state index contributed by atoms with van der Waals surface area (Å²) in [6.45, 7) is 0.783. The minimum atomic E-state index is -4.44. The van der Waals surface area contributed by atoms with Gasteiger partial charge in [0.25, 0.3) is 5.56 Å². The SMILES string of the molecule is Cn1c(N2CCC=C(c3ccccc3C(F)(F)F)C2)nc(-c2ccncc2)cc1=O. The van der Waals surface area contributed by atoms with E-state index in [-0.39, 0.29) is 17.7 Å². The molecule has 3 heterocycles. The lowest BCUT2D eigenvalue weighted by atomic mass is 9.96. The molecular weight excluding hydrogens is 393 g/mol. The van der Waals surface area contributed by atoms with Gasteiger partial charge in [0.1, 0.15) is 0 Å². The average Bonchev–Trinajstić information content (AvgIpc) is 2.75. The van der Waals surface area contributed by atoms with Crippen LogP contribution in [0.15, 0.2) is 65.7 Å². The fourth-order valence-electron chi connectivity index (χ4n) is 3.60. The molecule has 4 rings (SSSR count). The number of benzene rings is 1. The second-order valence-corrected chi connectivity index (χ2v) is 7.06. The Kier molecular flexibility index (Phi) is 5.15. The van der Waals surface area contributed by atoms with Crippen molar-refractivity contribution in [2.24, 2.45) is 7.05 Å². The van der Waals surface area contributed by atoms with Gasteiger partial charge in [0.05, 0.1) is 11.3 Å². The Morgan fingerprint density at radius 3 is 2.53 bits per heavy atom. The van der Waals surface area contributed by atoms with Crippen LogP contribution in [0.3, 0.4) is 0 Å². The molecule has 3 aromatic rings. The Balaban J connectivity index is 1.72. The minimum Gasteiger partial charge on any atom is -0.338 e. The van der Waals surface area contributed by atoms with Gasteiger partial charge in [0, 0.05) is 44.2 Å². The highest BCUT2D eigenvalue weighted by molar-refractivity contribution is 5.73. The van der Waals surface area contributed by atoms with Crippen LogP contribution in [0.4, 0.5) is 19.1 Å². The van der Waals surface area contributed by atoms with Crippen LogP contribution in [0.2, 0.25) is 0 Å². The lowest BCUT2D eigenvalue weighted by Gasteiger charge is -2.30. The van der Waals surface area contributed by atoms with Crippen LogP contribution in [0.25, 0.3) is 16.8 Å². The third-order valence-corrected chi connectivity index (χ3v) is 5.10. The van der Waals surface area contributed by atoms with Gasteiger partial charge in [-0.2, -0.15) is 13.2 Å². The van der Waals surface area contributed by atoms with E-state index in [0.717, 1.165) is 11.6 Å². The first-order valence-corrected chi connectivity index (χ1v) is 9.43. The molecule has 0 saturated carbocycles. The van der Waals surface area contributed by atoms with Crippen LogP contribution >= 0.6 is 0 Å². The average molecular weight is 412 g/mol. The Labute approximate surface area is 171 Å². The van der Waals surface area contributed by atoms with E-state index in [9.17, 15) is 18.0 Å². The van der Waals surface area contributed by atoms with Crippen LogP contribution in [-0.4, -0.2) is 27.6 Å². The highest BCUT2D eigenvalue weighted by Crippen LogP contribution is 2.36. The highest BCUT2D eigenvalue weighted by Gasteiger charge is 2.34. The largest absolute Gasteiger partial charge is 0.416 e. The van der Waals surface area contributed by atoms with Crippen LogP contribution in [0, 0.1) is 0 Å². The summed E-state index contributed by atoms with van der Waals surface area (Å²) in [6, 6.07) is 10.5. The maximum atomic E-state index is 13.5. The molecule has 0 radical (unpaired) electrons. The summed E-state index contributed by atoms with van der Waals surface area (Å²) in [6.07, 6.45) is 1.17. The fraction of sp³-hybridized carbons (Fsp3) is 0.227. The van der Waals surface area contributed by atoms with E-state index < -0.39 is 11.7 Å². The van der Waals surface area contributed by atoms with Crippen LogP contribution in [0.1, 0.15) is 17.5 Å². The predicted molar refractivity (Wildman–Crippen MR) is 109 cm³/mol. The van der Waals surface area contributed by atoms with Gasteiger partial charge < -0.3 is 4.90 Å². The maximum absolute atomic E-state index is 13.5. The van der Waals surface area contributed by atoms with Crippen LogP contribution in [0.5, 0.6) is 0 Å². The van der Waals surface area contributed by atoms with Gasteiger partial charge in [-0.15, -0.1) is 0 Å². The quantitative estimate of drug-likeness (QED) is 0.649. The number of nitrogens with zero attached hydrogens (tertiary/aromatic N) is 4. The monoisotopic (exact) mass is 412 g/mol. The number of pyridine rings is 1. The molecule has 1 aliphatic rings. The van der Waals surface area contributed by atoms with Crippen LogP contribution < -0.4 is 10.5 Å². The van der Waals surface area contributed by atoms with Gasteiger partial charge in [-0.25, -0.2) is 4.98 Å². The number of halogens is 3. The summed E-state index contributed by atoms with van der Waals surface area (Å²) in [5.74, 6) is 0.421. The number of hydrogen-bond donors (Lipinski definition) is 0. The first kappa shape index (κ1) is 19.9. The van der Waals surface area contributed by atoms with Gasteiger partial charge in [-0.1, -0.05) is 24.3 Å². The zero-order chi connectivity index (χ0) is 21.3. The Morgan fingerprint density at radius 2 is 1.80 bits per heavy atom. The standard InChI is InChI=1S/C22H19F3N4O/c1-28-20(30)13-19(15-8-10-26-11-9-15)27-21(28)29-12-4-5-16(14-29)17-6-2-3-7-18(17)22(23,24)25/h2-3,5-11,13H,4,12,14H2,1H3. The zero-order valence-electron chi connectivity index (χ0n) is 16.2. The normalized spacial score (nSPS) is 14.5. The van der Waals surface area contributed by atoms with Crippen molar-refractivity contribution in [2.75, 3.05) is 18.0 Å². The van der Waals surface area contributed by atoms with Gasteiger partial charge in [-0.3, -0.25) is 14.3 Å². The van der Waals surface area contributed by atoms with E-state index in [0.29, 0.717) is 30.2 Å². The summed E-state index contributed by atoms with van der Waals surface area (Å²) >= 11 is 0. The van der Waals surface area contributed by atoms with E-state index in [4.69, 9.17) is 0 Å². The van der Waals surface area contributed by atoms with E-state index in [2.05, 4.69) is 9.97 Å². The first-order valence-electron chi connectivity index (χ1n) is 9.43. The lowest BCUT2D eigenvalue weighted by Crippen LogP contribution is -2.35. The second-order valence-electron chi connectivity index (χ2n) is 7.06. The summed E-state index contributed by atoms with van der Waals surface area (Å²) in [7, 11) is 1.61. The molecule has 1 aromatic carbocycles. The molecule has 0 bridgehead atoms. The van der Waals surface area contributed by atoms with Gasteiger partial charge in [0.15, 0.2) is 0 Å². The Hall–Kier alpha value is -3.42. The fourth-order valence-corrected chi connectivity index (χ4v) is 3.60. The van der Waals surface area contributed by atoms with Crippen molar-refractivity contribution in [1.29, 1.82) is 0 Å². The van der Waals surface area contributed by atoms with Crippen molar-refractivity contribution in [2.45, 2.75) is 12.6 Å². The van der Waals surface area contributed by atoms with Gasteiger partial charge >= 0.3 is 6.18 Å². The number of aromatic nitrogens is 3. The van der Waals surface area contributed by atoms with E-state index in [1.165, 1.54) is 22.8 Å². The molecule has 1 aliphatic heterocycles. The molecule has 2 aromatic heterocycles. The van der Waals surface area contributed by atoms with Crippen molar-refractivity contribution >= 4 is 11.5 Å². The minimum absolute atomic E-state index is 0.157. The summed E-state index contributed by atoms with van der Waals surface area (Å²) in [4.78, 5) is 23.0. The number of alkyl halides is 3. The summed E-state index contributed by atoms with van der Waals surface area (Å²) < 4.78 is 41.9. The molecule has 0 aliphatic carbocycles. The van der Waals surface area contributed by atoms with Gasteiger partial charge in [-0.05, 0) is 35.8 Å². The molecule has 8 heteroatoms. The van der Waals surface area contributed by atoms with E-state index in [1.54, 1.807) is 37.6 Å². The molecule has 5 nitrogen and oxygen atoms in total. The maximum Gasteiger partial charge on any atom is 0.416 e. The van der Waals surface area contributed by atoms with Gasteiger partial charge in [0.2, 0.25) is 5.95 Å². The number of hydrogen-bond acceptors (Lipinski definition) is 4. The lowest BCUT2D eigenvalue weighted by molar-refractivity contribution is -0.137. The molecule has 0 N–H and O–H groups in total. The Morgan fingerprint density at radius 1 is 1.07 bits per heavy atom. The molecule has 0 fully saturated rings. The molecule has 0 atom stereocenters. The smallest absolute Gasteiger partial charge is 0.338 e. The molecule has 0 unspecified atom stereocenters. The molecule has 154 valence electrons. The molecular formula is C22H19F3N4O. The topological polar surface area (TPSA) is 51.0 Å².